The number of carbonyl (C=O) groups excluding carboxylic acids is 2. The predicted octanol–water partition coefficient (Wildman–Crippen LogP) is 1.79. The van der Waals surface area contributed by atoms with Crippen molar-refractivity contribution < 1.29 is 19.4 Å². The number of amides is 1. The first-order valence-electron chi connectivity index (χ1n) is 7.11. The summed E-state index contributed by atoms with van der Waals surface area (Å²) in [5.74, 6) is -1.37. The summed E-state index contributed by atoms with van der Waals surface area (Å²) < 4.78 is 5.24. The SMILES string of the molecule is CC(O)C1C(=O)N2C(C(=O)OCc3ccccc3)=C(Cl)CC12. The molecule has 1 amide bonds. The number of fused-ring (bicyclic) bond motifs is 1. The molecule has 22 heavy (non-hydrogen) atoms. The molecule has 116 valence electrons. The fourth-order valence-electron chi connectivity index (χ4n) is 3.00. The van der Waals surface area contributed by atoms with Gasteiger partial charge in [-0.25, -0.2) is 4.79 Å². The Labute approximate surface area is 133 Å². The normalized spacial score (nSPS) is 24.9. The maximum atomic E-state index is 12.2. The zero-order valence-electron chi connectivity index (χ0n) is 12.0. The van der Waals surface area contributed by atoms with Crippen molar-refractivity contribution in [2.45, 2.75) is 32.1 Å². The maximum absolute atomic E-state index is 12.2. The molecular weight excluding hydrogens is 306 g/mol. The van der Waals surface area contributed by atoms with Crippen LogP contribution in [0.25, 0.3) is 0 Å². The molecule has 0 spiro atoms. The number of halogens is 1. The minimum Gasteiger partial charge on any atom is -0.456 e. The first-order chi connectivity index (χ1) is 10.5. The topological polar surface area (TPSA) is 66.8 Å². The molecule has 2 aliphatic heterocycles. The summed E-state index contributed by atoms with van der Waals surface area (Å²) in [4.78, 5) is 25.7. The largest absolute Gasteiger partial charge is 0.456 e. The molecule has 0 bridgehead atoms. The molecule has 1 N–H and O–H groups in total. The quantitative estimate of drug-likeness (QED) is 0.678. The van der Waals surface area contributed by atoms with Crippen LogP contribution in [-0.4, -0.2) is 34.0 Å². The third kappa shape index (κ3) is 2.40. The van der Waals surface area contributed by atoms with Crippen molar-refractivity contribution in [3.63, 3.8) is 0 Å². The predicted molar refractivity (Wildman–Crippen MR) is 79.5 cm³/mol. The Kier molecular flexibility index (Phi) is 3.93. The lowest BCUT2D eigenvalue weighted by molar-refractivity contribution is -0.162. The van der Waals surface area contributed by atoms with E-state index in [-0.39, 0.29) is 24.3 Å². The zero-order valence-corrected chi connectivity index (χ0v) is 12.8. The minimum atomic E-state index is -0.752. The smallest absolute Gasteiger partial charge is 0.356 e. The molecule has 5 nitrogen and oxygen atoms in total. The van der Waals surface area contributed by atoms with E-state index in [9.17, 15) is 14.7 Å². The lowest BCUT2D eigenvalue weighted by atomic mass is 9.83. The molecule has 3 atom stereocenters. The van der Waals surface area contributed by atoms with Gasteiger partial charge in [0.25, 0.3) is 0 Å². The molecule has 6 heteroatoms. The Balaban J connectivity index is 1.68. The molecule has 0 aliphatic carbocycles. The Morgan fingerprint density at radius 1 is 1.45 bits per heavy atom. The molecule has 3 rings (SSSR count). The van der Waals surface area contributed by atoms with Crippen LogP contribution < -0.4 is 0 Å². The third-order valence-electron chi connectivity index (χ3n) is 4.08. The summed E-state index contributed by atoms with van der Waals surface area (Å²) in [6, 6.07) is 9.04. The van der Waals surface area contributed by atoms with Gasteiger partial charge in [0.1, 0.15) is 12.3 Å². The van der Waals surface area contributed by atoms with Gasteiger partial charge in [-0.1, -0.05) is 41.9 Å². The van der Waals surface area contributed by atoms with Crippen LogP contribution in [0, 0.1) is 5.92 Å². The van der Waals surface area contributed by atoms with Crippen molar-refractivity contribution >= 4 is 23.5 Å². The van der Waals surface area contributed by atoms with E-state index in [1.54, 1.807) is 6.92 Å². The lowest BCUT2D eigenvalue weighted by Crippen LogP contribution is -2.61. The van der Waals surface area contributed by atoms with E-state index < -0.39 is 18.0 Å². The van der Waals surface area contributed by atoms with Gasteiger partial charge in [0.2, 0.25) is 5.91 Å². The highest BCUT2D eigenvalue weighted by molar-refractivity contribution is 6.32. The highest BCUT2D eigenvalue weighted by Gasteiger charge is 2.56. The van der Waals surface area contributed by atoms with Gasteiger partial charge in [-0.3, -0.25) is 4.79 Å². The first kappa shape index (κ1) is 15.1. The fraction of sp³-hybridized carbons (Fsp3) is 0.375. The van der Waals surface area contributed by atoms with Crippen molar-refractivity contribution in [1.29, 1.82) is 0 Å². The van der Waals surface area contributed by atoms with E-state index in [1.165, 1.54) is 4.90 Å². The Morgan fingerprint density at radius 3 is 2.77 bits per heavy atom. The standard InChI is InChI=1S/C16H16ClNO4/c1-9(19)13-12-7-11(17)14(18(12)15(13)20)16(21)22-8-10-5-3-2-4-6-10/h2-6,9,12-13,19H,7-8H2,1H3. The molecular formula is C16H16ClNO4. The van der Waals surface area contributed by atoms with Crippen LogP contribution in [0.2, 0.25) is 0 Å². The van der Waals surface area contributed by atoms with Crippen LogP contribution in [0.3, 0.4) is 0 Å². The van der Waals surface area contributed by atoms with Gasteiger partial charge in [0.05, 0.1) is 23.1 Å². The second kappa shape index (κ2) is 5.74. The average Bonchev–Trinajstić information content (AvgIpc) is 2.78. The van der Waals surface area contributed by atoms with Crippen molar-refractivity contribution in [1.82, 2.24) is 4.90 Å². The maximum Gasteiger partial charge on any atom is 0.356 e. The number of esters is 1. The van der Waals surface area contributed by atoms with Crippen molar-refractivity contribution in [2.75, 3.05) is 0 Å². The van der Waals surface area contributed by atoms with Gasteiger partial charge in [0, 0.05) is 6.42 Å². The van der Waals surface area contributed by atoms with Gasteiger partial charge >= 0.3 is 5.97 Å². The molecule has 0 aromatic heterocycles. The summed E-state index contributed by atoms with van der Waals surface area (Å²) in [5.41, 5.74) is 0.975. The molecule has 1 aromatic carbocycles. The molecule has 2 aliphatic rings. The second-order valence-corrected chi connectivity index (χ2v) is 6.02. The lowest BCUT2D eigenvalue weighted by Gasteiger charge is -2.44. The van der Waals surface area contributed by atoms with Gasteiger partial charge in [-0.15, -0.1) is 0 Å². The van der Waals surface area contributed by atoms with Crippen LogP contribution >= 0.6 is 11.6 Å². The number of carbonyl (C=O) groups is 2. The van der Waals surface area contributed by atoms with Gasteiger partial charge in [-0.05, 0) is 12.5 Å². The Bertz CT molecular complexity index is 641. The molecule has 1 saturated heterocycles. The van der Waals surface area contributed by atoms with E-state index in [4.69, 9.17) is 16.3 Å². The van der Waals surface area contributed by atoms with Crippen LogP contribution in [0.1, 0.15) is 18.9 Å². The van der Waals surface area contributed by atoms with Crippen LogP contribution in [0.15, 0.2) is 41.1 Å². The monoisotopic (exact) mass is 321 g/mol. The highest BCUT2D eigenvalue weighted by atomic mass is 35.5. The molecule has 0 saturated carbocycles. The Hall–Kier alpha value is -1.85. The minimum absolute atomic E-state index is 0.115. The summed E-state index contributed by atoms with van der Waals surface area (Å²) in [6.07, 6.45) is -0.364. The van der Waals surface area contributed by atoms with Crippen LogP contribution in [0.5, 0.6) is 0 Å². The molecule has 2 heterocycles. The number of hydrogen-bond donors (Lipinski definition) is 1. The zero-order chi connectivity index (χ0) is 15.9. The van der Waals surface area contributed by atoms with Crippen LogP contribution in [0.4, 0.5) is 0 Å². The Morgan fingerprint density at radius 2 is 2.14 bits per heavy atom. The number of nitrogens with zero attached hydrogens (tertiary/aromatic N) is 1. The number of β-lactam (4-membered cyclic amide) rings is 1. The third-order valence-corrected chi connectivity index (χ3v) is 4.41. The van der Waals surface area contributed by atoms with E-state index in [1.807, 2.05) is 30.3 Å². The number of rotatable bonds is 4. The molecule has 1 fully saturated rings. The van der Waals surface area contributed by atoms with Gasteiger partial charge < -0.3 is 14.7 Å². The number of aliphatic hydroxyl groups is 1. The van der Waals surface area contributed by atoms with E-state index in [0.29, 0.717) is 11.5 Å². The van der Waals surface area contributed by atoms with E-state index in [0.717, 1.165) is 5.56 Å². The summed E-state index contributed by atoms with van der Waals surface area (Å²) in [6.45, 7) is 1.69. The van der Waals surface area contributed by atoms with E-state index in [2.05, 4.69) is 0 Å². The number of hydrogen-bond acceptors (Lipinski definition) is 4. The summed E-state index contributed by atoms with van der Waals surface area (Å²) in [5, 5.41) is 9.95. The summed E-state index contributed by atoms with van der Waals surface area (Å²) in [7, 11) is 0. The highest BCUT2D eigenvalue weighted by Crippen LogP contribution is 2.45. The van der Waals surface area contributed by atoms with Gasteiger partial charge in [-0.2, -0.15) is 0 Å². The average molecular weight is 322 g/mol. The molecule has 1 aromatic rings. The summed E-state index contributed by atoms with van der Waals surface area (Å²) >= 11 is 6.12. The molecule has 0 radical (unpaired) electrons. The number of ether oxygens (including phenoxy) is 1. The number of aliphatic hydroxyl groups excluding tert-OH is 1. The van der Waals surface area contributed by atoms with Crippen LogP contribution in [-0.2, 0) is 20.9 Å². The van der Waals surface area contributed by atoms with Gasteiger partial charge in [0.15, 0.2) is 0 Å². The fourth-order valence-corrected chi connectivity index (χ4v) is 3.33. The van der Waals surface area contributed by atoms with Crippen molar-refractivity contribution in [3.05, 3.63) is 46.6 Å². The first-order valence-corrected chi connectivity index (χ1v) is 7.49. The number of benzene rings is 1. The second-order valence-electron chi connectivity index (χ2n) is 5.56. The van der Waals surface area contributed by atoms with Crippen molar-refractivity contribution in [2.24, 2.45) is 5.92 Å². The van der Waals surface area contributed by atoms with Crippen molar-refractivity contribution in [3.8, 4) is 0 Å². The molecule has 3 unspecified atom stereocenters. The van der Waals surface area contributed by atoms with E-state index >= 15 is 0 Å².